The molecule has 0 nitrogen and oxygen atoms in total. The van der Waals surface area contributed by atoms with E-state index in [1.807, 2.05) is 11.8 Å². The number of fused-ring (bicyclic) bond motifs is 1. The van der Waals surface area contributed by atoms with Gasteiger partial charge in [-0.25, -0.2) is 0 Å². The summed E-state index contributed by atoms with van der Waals surface area (Å²) in [5.74, 6) is 0. The molecule has 0 spiro atoms. The maximum Gasteiger partial charge on any atom is 0.0596 e. The summed E-state index contributed by atoms with van der Waals surface area (Å²) in [6, 6.07) is 0. The fourth-order valence-corrected chi connectivity index (χ4v) is 1.98. The molecule has 0 aromatic rings. The molecule has 1 aliphatic carbocycles. The third-order valence-corrected chi connectivity index (χ3v) is 3.38. The molecule has 0 amide bonds. The number of thioether (sulfide) groups is 1. The van der Waals surface area contributed by atoms with E-state index in [2.05, 4.69) is 0 Å². The first-order chi connectivity index (χ1) is 2.39. The molecule has 0 aromatic carbocycles. The lowest BCUT2D eigenvalue weighted by Gasteiger charge is -1.79. The van der Waals surface area contributed by atoms with E-state index in [1.54, 1.807) is 0 Å². The van der Waals surface area contributed by atoms with E-state index in [9.17, 15) is 0 Å². The zero-order chi connectivity index (χ0) is 3.44. The smallest absolute Gasteiger partial charge is 0.0596 e. The predicted octanol–water partition coefficient (Wildman–Crippen LogP) is 1.09. The third-order valence-electron chi connectivity index (χ3n) is 1.05. The Morgan fingerprint density at radius 2 is 1.80 bits per heavy atom. The van der Waals surface area contributed by atoms with Gasteiger partial charge in [-0.2, -0.15) is 0 Å². The number of hydrogen-bond donors (Lipinski definition) is 0. The highest BCUT2D eigenvalue weighted by molar-refractivity contribution is 8.10. The van der Waals surface area contributed by atoms with Gasteiger partial charge in [0.25, 0.3) is 0 Å². The maximum atomic E-state index is 5.57. The zero-order valence-corrected chi connectivity index (χ0v) is 4.09. The van der Waals surface area contributed by atoms with Crippen LogP contribution in [0.15, 0.2) is 0 Å². The fourth-order valence-electron chi connectivity index (χ4n) is 0.421. The first-order valence-electron chi connectivity index (χ1n) is 1.69. The molecule has 2 fully saturated rings. The molecule has 1 heterocycles. The largest absolute Gasteiger partial charge is 0.150 e. The van der Waals surface area contributed by atoms with Crippen LogP contribution in [0.1, 0.15) is 0 Å². The molecule has 1 saturated carbocycles. The van der Waals surface area contributed by atoms with Gasteiger partial charge >= 0.3 is 0 Å². The van der Waals surface area contributed by atoms with Gasteiger partial charge < -0.3 is 0 Å². The van der Waals surface area contributed by atoms with E-state index in [-0.39, 0.29) is 0 Å². The highest BCUT2D eigenvalue weighted by Crippen LogP contribution is 2.65. The van der Waals surface area contributed by atoms with Gasteiger partial charge in [-0.05, 0) is 0 Å². The molecule has 2 aliphatic rings. The summed E-state index contributed by atoms with van der Waals surface area (Å²) >= 11 is 7.56. The van der Waals surface area contributed by atoms with Crippen molar-refractivity contribution in [2.45, 2.75) is 15.9 Å². The Kier molecular flexibility index (Phi) is 0.299. The molecule has 1 saturated heterocycles. The second-order valence-electron chi connectivity index (χ2n) is 1.51. The summed E-state index contributed by atoms with van der Waals surface area (Å²) in [7, 11) is 0. The Bertz CT molecular complexity index is 58.5. The molecule has 1 aliphatic heterocycles. The number of rotatable bonds is 0. The highest BCUT2D eigenvalue weighted by atomic mass is 35.5. The highest BCUT2D eigenvalue weighted by Gasteiger charge is 2.65. The molecule has 0 aromatic heterocycles. The molecule has 5 heavy (non-hydrogen) atoms. The standard InChI is InChI=1S/C3H3ClS/c4-1-2-3(1)5-2/h1-3H. The van der Waals surface area contributed by atoms with Crippen LogP contribution in [0.2, 0.25) is 0 Å². The van der Waals surface area contributed by atoms with Crippen LogP contribution in [0.4, 0.5) is 0 Å². The molecule has 0 radical (unpaired) electrons. The Balaban J connectivity index is 2.19. The van der Waals surface area contributed by atoms with E-state index >= 15 is 0 Å². The van der Waals surface area contributed by atoms with Gasteiger partial charge in [0.2, 0.25) is 0 Å². The van der Waals surface area contributed by atoms with Crippen LogP contribution in [0.5, 0.6) is 0 Å². The first-order valence-corrected chi connectivity index (χ1v) is 3.07. The fraction of sp³-hybridized carbons (Fsp3) is 1.00. The lowest BCUT2D eigenvalue weighted by atomic mass is 11.0. The predicted molar refractivity (Wildman–Crippen MR) is 24.8 cm³/mol. The normalized spacial score (nSPS) is 70.2. The second kappa shape index (κ2) is 0.543. The monoisotopic (exact) mass is 106 g/mol. The van der Waals surface area contributed by atoms with Gasteiger partial charge in [-0.15, -0.1) is 23.4 Å². The van der Waals surface area contributed by atoms with E-state index in [0.717, 1.165) is 10.5 Å². The Morgan fingerprint density at radius 1 is 1.40 bits per heavy atom. The van der Waals surface area contributed by atoms with Crippen LogP contribution in [0, 0.1) is 0 Å². The Hall–Kier alpha value is 0.640. The van der Waals surface area contributed by atoms with Crippen LogP contribution in [0.3, 0.4) is 0 Å². The minimum Gasteiger partial charge on any atom is -0.150 e. The van der Waals surface area contributed by atoms with Crippen molar-refractivity contribution in [1.29, 1.82) is 0 Å². The quantitative estimate of drug-likeness (QED) is 0.329. The molecular weight excluding hydrogens is 104 g/mol. The minimum atomic E-state index is 0.583. The van der Waals surface area contributed by atoms with Gasteiger partial charge in [0, 0.05) is 10.5 Å². The summed E-state index contributed by atoms with van der Waals surface area (Å²) in [5, 5.41) is 2.38. The lowest BCUT2D eigenvalue weighted by molar-refractivity contribution is 1.47. The van der Waals surface area contributed by atoms with E-state index in [4.69, 9.17) is 11.6 Å². The van der Waals surface area contributed by atoms with Crippen molar-refractivity contribution in [3.8, 4) is 0 Å². The SMILES string of the molecule is ClC1C2SC12. The Labute approximate surface area is 39.9 Å². The second-order valence-corrected chi connectivity index (χ2v) is 3.37. The summed E-state index contributed by atoms with van der Waals surface area (Å²) in [6.07, 6.45) is 0. The number of halogens is 1. The van der Waals surface area contributed by atoms with Gasteiger partial charge in [0.05, 0.1) is 5.38 Å². The van der Waals surface area contributed by atoms with E-state index < -0.39 is 0 Å². The van der Waals surface area contributed by atoms with Crippen molar-refractivity contribution in [2.24, 2.45) is 0 Å². The van der Waals surface area contributed by atoms with Crippen molar-refractivity contribution in [2.75, 3.05) is 0 Å². The lowest BCUT2D eigenvalue weighted by Crippen LogP contribution is -1.77. The molecule has 2 heteroatoms. The van der Waals surface area contributed by atoms with Crippen LogP contribution in [-0.2, 0) is 0 Å². The van der Waals surface area contributed by atoms with Gasteiger partial charge in [-0.3, -0.25) is 0 Å². The molecule has 2 atom stereocenters. The third kappa shape index (κ3) is 0.202. The first kappa shape index (κ1) is 2.75. The topological polar surface area (TPSA) is 0 Å². The van der Waals surface area contributed by atoms with Crippen molar-refractivity contribution in [1.82, 2.24) is 0 Å². The Morgan fingerprint density at radius 3 is 1.80 bits per heavy atom. The minimum absolute atomic E-state index is 0.583. The van der Waals surface area contributed by atoms with Crippen LogP contribution in [-0.4, -0.2) is 15.9 Å². The molecule has 0 bridgehead atoms. The number of alkyl halides is 1. The summed E-state index contributed by atoms with van der Waals surface area (Å²) in [5.41, 5.74) is 0. The summed E-state index contributed by atoms with van der Waals surface area (Å²) in [6.45, 7) is 0. The molecule has 2 rings (SSSR count). The van der Waals surface area contributed by atoms with Gasteiger partial charge in [-0.1, -0.05) is 0 Å². The summed E-state index contributed by atoms with van der Waals surface area (Å²) < 4.78 is 0. The average Bonchev–Trinajstić information content (AvgIpc) is 2.11. The number of hydrogen-bond acceptors (Lipinski definition) is 1. The summed E-state index contributed by atoms with van der Waals surface area (Å²) in [4.78, 5) is 0. The van der Waals surface area contributed by atoms with Gasteiger partial charge in [0.15, 0.2) is 0 Å². The van der Waals surface area contributed by atoms with Crippen LogP contribution < -0.4 is 0 Å². The molecule has 28 valence electrons. The van der Waals surface area contributed by atoms with Crippen LogP contribution in [0.25, 0.3) is 0 Å². The van der Waals surface area contributed by atoms with Crippen molar-refractivity contribution in [3.63, 3.8) is 0 Å². The molecule has 0 N–H and O–H groups in total. The van der Waals surface area contributed by atoms with E-state index in [0.29, 0.717) is 5.38 Å². The van der Waals surface area contributed by atoms with Gasteiger partial charge in [0.1, 0.15) is 0 Å². The van der Waals surface area contributed by atoms with Crippen LogP contribution >= 0.6 is 23.4 Å². The maximum absolute atomic E-state index is 5.57. The molecular formula is C3H3ClS. The van der Waals surface area contributed by atoms with Crippen molar-refractivity contribution < 1.29 is 0 Å². The van der Waals surface area contributed by atoms with Crippen molar-refractivity contribution >= 4 is 23.4 Å². The molecule has 2 unspecified atom stereocenters. The zero-order valence-electron chi connectivity index (χ0n) is 2.52. The van der Waals surface area contributed by atoms with Crippen molar-refractivity contribution in [3.05, 3.63) is 0 Å². The average molecular weight is 107 g/mol. The van der Waals surface area contributed by atoms with E-state index in [1.165, 1.54) is 0 Å².